The molecule has 1 aliphatic rings. The van der Waals surface area contributed by atoms with Gasteiger partial charge in [0, 0.05) is 6.04 Å². The quantitative estimate of drug-likeness (QED) is 0.611. The highest BCUT2D eigenvalue weighted by atomic mass is 14.9. The van der Waals surface area contributed by atoms with E-state index in [9.17, 15) is 0 Å². The minimum absolute atomic E-state index is 0.690. The van der Waals surface area contributed by atoms with Crippen LogP contribution < -0.4 is 5.32 Å². The van der Waals surface area contributed by atoms with Crippen LogP contribution in [0.4, 0.5) is 0 Å². The van der Waals surface area contributed by atoms with E-state index in [1.807, 2.05) is 6.08 Å². The van der Waals surface area contributed by atoms with Crippen LogP contribution in [0.5, 0.6) is 0 Å². The van der Waals surface area contributed by atoms with Gasteiger partial charge < -0.3 is 5.32 Å². The van der Waals surface area contributed by atoms with Crippen molar-refractivity contribution in [3.63, 3.8) is 0 Å². The molecule has 0 aromatic heterocycles. The first-order valence-corrected chi connectivity index (χ1v) is 4.66. The highest BCUT2D eigenvalue weighted by Crippen LogP contribution is 2.28. The third kappa shape index (κ3) is 2.33. The van der Waals surface area contributed by atoms with Gasteiger partial charge >= 0.3 is 0 Å². The zero-order valence-corrected chi connectivity index (χ0v) is 7.47. The maximum atomic E-state index is 3.78. The molecule has 1 atom stereocenters. The molecule has 1 nitrogen and oxygen atoms in total. The zero-order chi connectivity index (χ0) is 8.10. The first kappa shape index (κ1) is 8.79. The molecule has 0 aliphatic heterocycles. The molecule has 64 valence electrons. The first-order valence-electron chi connectivity index (χ1n) is 4.66. The molecular formula is C10H19N. The lowest BCUT2D eigenvalue weighted by Crippen LogP contribution is -2.31. The van der Waals surface area contributed by atoms with Gasteiger partial charge in [-0.05, 0) is 32.2 Å². The average Bonchev–Trinajstić information content (AvgIpc) is 2.52. The van der Waals surface area contributed by atoms with E-state index in [1.54, 1.807) is 0 Å². The van der Waals surface area contributed by atoms with E-state index in [-0.39, 0.29) is 0 Å². The van der Waals surface area contributed by atoms with Gasteiger partial charge in [-0.25, -0.2) is 0 Å². The normalized spacial score (nSPS) is 21.9. The van der Waals surface area contributed by atoms with Crippen molar-refractivity contribution in [3.05, 3.63) is 12.7 Å². The monoisotopic (exact) mass is 153 g/mol. The summed E-state index contributed by atoms with van der Waals surface area (Å²) in [6, 6.07) is 0.690. The van der Waals surface area contributed by atoms with E-state index in [2.05, 4.69) is 18.9 Å². The van der Waals surface area contributed by atoms with E-state index in [4.69, 9.17) is 0 Å². The summed E-state index contributed by atoms with van der Waals surface area (Å²) in [4.78, 5) is 0. The highest BCUT2D eigenvalue weighted by Gasteiger charge is 2.22. The summed E-state index contributed by atoms with van der Waals surface area (Å²) in [5, 5.41) is 3.37. The van der Waals surface area contributed by atoms with Crippen molar-refractivity contribution in [2.75, 3.05) is 7.05 Å². The smallest absolute Gasteiger partial charge is 0.0127 e. The Hall–Kier alpha value is -0.300. The summed E-state index contributed by atoms with van der Waals surface area (Å²) in [6.45, 7) is 3.78. The van der Waals surface area contributed by atoms with Crippen LogP contribution in [0.2, 0.25) is 0 Å². The van der Waals surface area contributed by atoms with Crippen LogP contribution >= 0.6 is 0 Å². The van der Waals surface area contributed by atoms with Crippen molar-refractivity contribution in [2.45, 2.75) is 38.1 Å². The van der Waals surface area contributed by atoms with Crippen molar-refractivity contribution in [1.29, 1.82) is 0 Å². The van der Waals surface area contributed by atoms with Crippen molar-refractivity contribution in [1.82, 2.24) is 5.32 Å². The Bertz CT molecular complexity index is 114. The minimum atomic E-state index is 0.690. The molecule has 0 aromatic rings. The fourth-order valence-electron chi connectivity index (χ4n) is 2.09. The van der Waals surface area contributed by atoms with E-state index >= 15 is 0 Å². The van der Waals surface area contributed by atoms with Crippen LogP contribution in [0.3, 0.4) is 0 Å². The molecule has 1 aliphatic carbocycles. The number of hydrogen-bond acceptors (Lipinski definition) is 1. The van der Waals surface area contributed by atoms with Gasteiger partial charge in [-0.1, -0.05) is 18.9 Å². The van der Waals surface area contributed by atoms with Crippen LogP contribution in [0.25, 0.3) is 0 Å². The van der Waals surface area contributed by atoms with Gasteiger partial charge in [0.15, 0.2) is 0 Å². The van der Waals surface area contributed by atoms with Gasteiger partial charge in [0.25, 0.3) is 0 Å². The lowest BCUT2D eigenvalue weighted by atomic mass is 9.96. The fraction of sp³-hybridized carbons (Fsp3) is 0.800. The van der Waals surface area contributed by atoms with Crippen molar-refractivity contribution in [3.8, 4) is 0 Å². The molecule has 1 saturated carbocycles. The minimum Gasteiger partial charge on any atom is -0.316 e. The van der Waals surface area contributed by atoms with E-state index in [0.717, 1.165) is 12.3 Å². The average molecular weight is 153 g/mol. The Labute approximate surface area is 69.9 Å². The fourth-order valence-corrected chi connectivity index (χ4v) is 2.09. The van der Waals surface area contributed by atoms with Crippen molar-refractivity contribution >= 4 is 0 Å². The van der Waals surface area contributed by atoms with E-state index < -0.39 is 0 Å². The largest absolute Gasteiger partial charge is 0.316 e. The van der Waals surface area contributed by atoms with E-state index in [0.29, 0.717) is 6.04 Å². The van der Waals surface area contributed by atoms with Gasteiger partial charge in [0.2, 0.25) is 0 Å². The Morgan fingerprint density at radius 1 is 1.55 bits per heavy atom. The standard InChI is InChI=1S/C10H19N/c1-3-6-10(11-2)9-7-4-5-8-9/h3,9-11H,1,4-8H2,2H3. The summed E-state index contributed by atoms with van der Waals surface area (Å²) in [6.07, 6.45) is 8.85. The Balaban J connectivity index is 2.33. The van der Waals surface area contributed by atoms with Crippen molar-refractivity contribution < 1.29 is 0 Å². The van der Waals surface area contributed by atoms with Gasteiger partial charge in [-0.2, -0.15) is 0 Å². The Morgan fingerprint density at radius 3 is 2.64 bits per heavy atom. The molecule has 0 bridgehead atoms. The maximum Gasteiger partial charge on any atom is 0.0127 e. The molecule has 1 fully saturated rings. The summed E-state index contributed by atoms with van der Waals surface area (Å²) < 4.78 is 0. The van der Waals surface area contributed by atoms with Gasteiger partial charge in [-0.15, -0.1) is 6.58 Å². The molecule has 1 rings (SSSR count). The molecule has 1 unspecified atom stereocenters. The predicted molar refractivity (Wildman–Crippen MR) is 49.6 cm³/mol. The predicted octanol–water partition coefficient (Wildman–Crippen LogP) is 2.34. The summed E-state index contributed by atoms with van der Waals surface area (Å²) >= 11 is 0. The van der Waals surface area contributed by atoms with Crippen LogP contribution in [-0.4, -0.2) is 13.1 Å². The van der Waals surface area contributed by atoms with Gasteiger partial charge in [0.05, 0.1) is 0 Å². The summed E-state index contributed by atoms with van der Waals surface area (Å²) in [5.41, 5.74) is 0. The van der Waals surface area contributed by atoms with Crippen LogP contribution in [-0.2, 0) is 0 Å². The molecule has 1 N–H and O–H groups in total. The molecular weight excluding hydrogens is 134 g/mol. The molecule has 11 heavy (non-hydrogen) atoms. The zero-order valence-electron chi connectivity index (χ0n) is 7.47. The molecule has 1 heteroatoms. The second-order valence-corrected chi connectivity index (χ2v) is 3.46. The molecule has 0 amide bonds. The number of nitrogens with one attached hydrogen (secondary N) is 1. The van der Waals surface area contributed by atoms with Gasteiger partial charge in [-0.3, -0.25) is 0 Å². The van der Waals surface area contributed by atoms with Crippen LogP contribution in [0, 0.1) is 5.92 Å². The number of hydrogen-bond donors (Lipinski definition) is 1. The highest BCUT2D eigenvalue weighted by molar-refractivity contribution is 4.85. The summed E-state index contributed by atoms with van der Waals surface area (Å²) in [7, 11) is 2.06. The third-order valence-corrected chi connectivity index (χ3v) is 2.76. The maximum absolute atomic E-state index is 3.78. The Kier molecular flexibility index (Phi) is 3.64. The topological polar surface area (TPSA) is 12.0 Å². The molecule has 0 radical (unpaired) electrons. The molecule has 0 aromatic carbocycles. The van der Waals surface area contributed by atoms with Crippen LogP contribution in [0.15, 0.2) is 12.7 Å². The van der Waals surface area contributed by atoms with E-state index in [1.165, 1.54) is 25.7 Å². The second-order valence-electron chi connectivity index (χ2n) is 3.46. The third-order valence-electron chi connectivity index (χ3n) is 2.76. The molecule has 0 spiro atoms. The first-order chi connectivity index (χ1) is 5.38. The number of rotatable bonds is 4. The van der Waals surface area contributed by atoms with Gasteiger partial charge in [0.1, 0.15) is 0 Å². The second kappa shape index (κ2) is 4.55. The molecule has 0 heterocycles. The molecule has 0 saturated heterocycles. The van der Waals surface area contributed by atoms with Crippen LogP contribution in [0.1, 0.15) is 32.1 Å². The van der Waals surface area contributed by atoms with Crippen molar-refractivity contribution in [2.24, 2.45) is 5.92 Å². The SMILES string of the molecule is C=CCC(NC)C1CCCC1. The lowest BCUT2D eigenvalue weighted by Gasteiger charge is -2.20. The summed E-state index contributed by atoms with van der Waals surface area (Å²) in [5.74, 6) is 0.915. The Morgan fingerprint density at radius 2 is 2.18 bits per heavy atom. The lowest BCUT2D eigenvalue weighted by molar-refractivity contribution is 0.382.